The summed E-state index contributed by atoms with van der Waals surface area (Å²) in [5.41, 5.74) is 0.479. The first-order valence-electron chi connectivity index (χ1n) is 7.24. The van der Waals surface area contributed by atoms with Gasteiger partial charge in [-0.1, -0.05) is 37.3 Å². The molecule has 5 heteroatoms. The maximum Gasteiger partial charge on any atom is 0.339 e. The lowest BCUT2D eigenvalue weighted by atomic mass is 9.98. The van der Waals surface area contributed by atoms with Gasteiger partial charge in [-0.05, 0) is 36.1 Å². The van der Waals surface area contributed by atoms with Crippen LogP contribution in [0.2, 0.25) is 0 Å². The van der Waals surface area contributed by atoms with Crippen LogP contribution >= 0.6 is 0 Å². The van der Waals surface area contributed by atoms with E-state index in [-0.39, 0.29) is 29.5 Å². The van der Waals surface area contributed by atoms with Gasteiger partial charge in [-0.15, -0.1) is 0 Å². The summed E-state index contributed by atoms with van der Waals surface area (Å²) in [5.74, 6) is -2.28. The van der Waals surface area contributed by atoms with Gasteiger partial charge in [0.15, 0.2) is 0 Å². The molecule has 23 heavy (non-hydrogen) atoms. The van der Waals surface area contributed by atoms with E-state index in [2.05, 4.69) is 0 Å². The van der Waals surface area contributed by atoms with E-state index in [0.29, 0.717) is 12.0 Å². The van der Waals surface area contributed by atoms with Crippen molar-refractivity contribution >= 4 is 11.9 Å². The number of aromatic carboxylic acids is 1. The number of rotatable bonds is 6. The third-order valence-corrected chi connectivity index (χ3v) is 3.60. The highest BCUT2D eigenvalue weighted by Crippen LogP contribution is 2.22. The monoisotopic (exact) mass is 316 g/mol. The largest absolute Gasteiger partial charge is 0.478 e. The third-order valence-electron chi connectivity index (χ3n) is 3.60. The fourth-order valence-corrected chi connectivity index (χ4v) is 2.28. The van der Waals surface area contributed by atoms with E-state index in [1.165, 1.54) is 18.2 Å². The Labute approximate surface area is 133 Å². The standard InChI is InChI=1S/C18H17FO4/c1-12(13-6-4-5-9-16(13)19)10-11-23-18(22)15-8-3-2-7-14(15)17(20)21/h2-9,12H,10-11H2,1H3,(H,20,21). The number of carboxylic acids is 1. The zero-order chi connectivity index (χ0) is 16.8. The summed E-state index contributed by atoms with van der Waals surface area (Å²) < 4.78 is 18.8. The second-order valence-electron chi connectivity index (χ2n) is 5.20. The molecule has 0 heterocycles. The Morgan fingerprint density at radius 1 is 1.09 bits per heavy atom. The topological polar surface area (TPSA) is 63.6 Å². The Morgan fingerprint density at radius 3 is 2.35 bits per heavy atom. The van der Waals surface area contributed by atoms with Gasteiger partial charge >= 0.3 is 11.9 Å². The second kappa shape index (κ2) is 7.54. The average Bonchev–Trinajstić information content (AvgIpc) is 2.55. The van der Waals surface area contributed by atoms with Gasteiger partial charge < -0.3 is 9.84 Å². The number of carbonyl (C=O) groups is 2. The van der Waals surface area contributed by atoms with Crippen LogP contribution in [0, 0.1) is 5.82 Å². The van der Waals surface area contributed by atoms with Gasteiger partial charge in [0, 0.05) is 0 Å². The highest BCUT2D eigenvalue weighted by Gasteiger charge is 2.17. The molecular formula is C18H17FO4. The molecule has 0 aliphatic heterocycles. The first kappa shape index (κ1) is 16.7. The minimum Gasteiger partial charge on any atom is -0.478 e. The number of hydrogen-bond donors (Lipinski definition) is 1. The lowest BCUT2D eigenvalue weighted by molar-refractivity contribution is 0.0484. The summed E-state index contributed by atoms with van der Waals surface area (Å²) in [5, 5.41) is 9.06. The summed E-state index contributed by atoms with van der Waals surface area (Å²) >= 11 is 0. The molecule has 0 aliphatic rings. The number of halogens is 1. The van der Waals surface area contributed by atoms with Crippen molar-refractivity contribution in [3.63, 3.8) is 0 Å². The van der Waals surface area contributed by atoms with E-state index < -0.39 is 11.9 Å². The number of esters is 1. The van der Waals surface area contributed by atoms with Crippen LogP contribution in [0.25, 0.3) is 0 Å². The molecule has 0 amide bonds. The quantitative estimate of drug-likeness (QED) is 0.822. The normalized spacial score (nSPS) is 11.7. The van der Waals surface area contributed by atoms with Crippen molar-refractivity contribution in [1.29, 1.82) is 0 Å². The van der Waals surface area contributed by atoms with Crippen LogP contribution in [0.5, 0.6) is 0 Å². The SMILES string of the molecule is CC(CCOC(=O)c1ccccc1C(=O)O)c1ccccc1F. The maximum atomic E-state index is 13.7. The lowest BCUT2D eigenvalue weighted by Crippen LogP contribution is -2.13. The zero-order valence-electron chi connectivity index (χ0n) is 12.7. The Bertz CT molecular complexity index is 712. The molecule has 1 N–H and O–H groups in total. The van der Waals surface area contributed by atoms with Crippen molar-refractivity contribution in [2.45, 2.75) is 19.3 Å². The first-order chi connectivity index (χ1) is 11.0. The van der Waals surface area contributed by atoms with Gasteiger partial charge in [0.05, 0.1) is 17.7 Å². The summed E-state index contributed by atoms with van der Waals surface area (Å²) in [6, 6.07) is 12.3. The number of carbonyl (C=O) groups excluding carboxylic acids is 1. The van der Waals surface area contributed by atoms with E-state index in [9.17, 15) is 14.0 Å². The van der Waals surface area contributed by atoms with Gasteiger partial charge in [0.1, 0.15) is 5.82 Å². The second-order valence-corrected chi connectivity index (χ2v) is 5.20. The van der Waals surface area contributed by atoms with Crippen molar-refractivity contribution in [1.82, 2.24) is 0 Å². The Kier molecular flexibility index (Phi) is 5.46. The molecule has 1 atom stereocenters. The molecular weight excluding hydrogens is 299 g/mol. The predicted octanol–water partition coefficient (Wildman–Crippen LogP) is 3.87. The molecule has 2 aromatic carbocycles. The maximum absolute atomic E-state index is 13.7. The molecule has 0 bridgehead atoms. The van der Waals surface area contributed by atoms with E-state index in [1.54, 1.807) is 30.3 Å². The number of benzene rings is 2. The molecule has 0 spiro atoms. The van der Waals surface area contributed by atoms with Gasteiger partial charge in [-0.2, -0.15) is 0 Å². The Balaban J connectivity index is 1.95. The van der Waals surface area contributed by atoms with Gasteiger partial charge in [0.2, 0.25) is 0 Å². The van der Waals surface area contributed by atoms with Crippen LogP contribution in [0.1, 0.15) is 45.5 Å². The summed E-state index contributed by atoms with van der Waals surface area (Å²) in [4.78, 5) is 23.1. The lowest BCUT2D eigenvalue weighted by Gasteiger charge is -2.13. The summed E-state index contributed by atoms with van der Waals surface area (Å²) in [6.45, 7) is 1.93. The predicted molar refractivity (Wildman–Crippen MR) is 83.1 cm³/mol. The molecule has 0 aromatic heterocycles. The molecule has 0 aliphatic carbocycles. The molecule has 0 saturated heterocycles. The third kappa shape index (κ3) is 4.16. The molecule has 0 fully saturated rings. The van der Waals surface area contributed by atoms with Gasteiger partial charge in [-0.25, -0.2) is 14.0 Å². The van der Waals surface area contributed by atoms with Gasteiger partial charge in [0.25, 0.3) is 0 Å². The molecule has 120 valence electrons. The molecule has 4 nitrogen and oxygen atoms in total. The molecule has 0 saturated carbocycles. The van der Waals surface area contributed by atoms with Crippen molar-refractivity contribution in [3.05, 3.63) is 71.0 Å². The van der Waals surface area contributed by atoms with E-state index >= 15 is 0 Å². The van der Waals surface area contributed by atoms with Crippen molar-refractivity contribution < 1.29 is 23.8 Å². The highest BCUT2D eigenvalue weighted by atomic mass is 19.1. The Morgan fingerprint density at radius 2 is 1.70 bits per heavy atom. The van der Waals surface area contributed by atoms with E-state index in [1.807, 2.05) is 6.92 Å². The summed E-state index contributed by atoms with van der Waals surface area (Å²) in [6.07, 6.45) is 0.446. The fourth-order valence-electron chi connectivity index (χ4n) is 2.28. The van der Waals surface area contributed by atoms with E-state index in [4.69, 9.17) is 9.84 Å². The number of ether oxygens (including phenoxy) is 1. The molecule has 0 radical (unpaired) electrons. The molecule has 2 rings (SSSR count). The van der Waals surface area contributed by atoms with Crippen molar-refractivity contribution in [3.8, 4) is 0 Å². The van der Waals surface area contributed by atoms with Crippen LogP contribution in [0.3, 0.4) is 0 Å². The highest BCUT2D eigenvalue weighted by molar-refractivity contribution is 6.02. The zero-order valence-corrected chi connectivity index (χ0v) is 12.7. The number of hydrogen-bond acceptors (Lipinski definition) is 3. The summed E-state index contributed by atoms with van der Waals surface area (Å²) in [7, 11) is 0. The average molecular weight is 316 g/mol. The molecule has 1 unspecified atom stereocenters. The van der Waals surface area contributed by atoms with Crippen molar-refractivity contribution in [2.75, 3.05) is 6.61 Å². The Hall–Kier alpha value is -2.69. The van der Waals surface area contributed by atoms with Crippen LogP contribution in [-0.2, 0) is 4.74 Å². The van der Waals surface area contributed by atoms with Crippen molar-refractivity contribution in [2.24, 2.45) is 0 Å². The molecule has 2 aromatic rings. The minimum atomic E-state index is -1.18. The number of carboxylic acid groups (broad SMARTS) is 1. The van der Waals surface area contributed by atoms with Crippen LogP contribution in [0.4, 0.5) is 4.39 Å². The van der Waals surface area contributed by atoms with Crippen LogP contribution in [0.15, 0.2) is 48.5 Å². The van der Waals surface area contributed by atoms with E-state index in [0.717, 1.165) is 0 Å². The first-order valence-corrected chi connectivity index (χ1v) is 7.24. The van der Waals surface area contributed by atoms with Crippen LogP contribution in [-0.4, -0.2) is 23.7 Å². The fraction of sp³-hybridized carbons (Fsp3) is 0.222. The van der Waals surface area contributed by atoms with Gasteiger partial charge in [-0.3, -0.25) is 0 Å². The van der Waals surface area contributed by atoms with Crippen LogP contribution < -0.4 is 0 Å². The smallest absolute Gasteiger partial charge is 0.339 e. The minimum absolute atomic E-state index is 0.0125.